The van der Waals surface area contributed by atoms with Gasteiger partial charge in [-0.3, -0.25) is 14.7 Å². The number of para-hydroxylation sites is 1. The van der Waals surface area contributed by atoms with Gasteiger partial charge >= 0.3 is 10.4 Å². The molecular formula is C12H19NO6S. The molecule has 0 saturated heterocycles. The third-order valence-electron chi connectivity index (χ3n) is 2.20. The molecule has 1 rings (SSSR count). The fourth-order valence-corrected chi connectivity index (χ4v) is 1.57. The average molecular weight is 305 g/mol. The van der Waals surface area contributed by atoms with Crippen LogP contribution in [0.2, 0.25) is 0 Å². The lowest BCUT2D eigenvalue weighted by Crippen LogP contribution is -2.04. The van der Waals surface area contributed by atoms with Crippen molar-refractivity contribution in [1.29, 1.82) is 0 Å². The topological polar surface area (TPSA) is 107 Å². The van der Waals surface area contributed by atoms with Crippen LogP contribution in [0.4, 0.5) is 5.69 Å². The standard InChI is InChI=1S/C6H5NO2.C6H14O4S/c8-7(9)6-4-2-1-3-5-6;1-2-3-4-5-6-10-11(7,8)9/h1-5H;2-6H2,1H3,(H,7,8,9). The predicted molar refractivity (Wildman–Crippen MR) is 74.7 cm³/mol. The molecule has 0 amide bonds. The monoisotopic (exact) mass is 305 g/mol. The van der Waals surface area contributed by atoms with Crippen molar-refractivity contribution in [2.24, 2.45) is 0 Å². The second-order valence-corrected chi connectivity index (χ2v) is 4.99. The quantitative estimate of drug-likeness (QED) is 0.359. The molecule has 0 saturated carbocycles. The van der Waals surface area contributed by atoms with Gasteiger partial charge in [-0.25, -0.2) is 4.18 Å². The van der Waals surface area contributed by atoms with Crippen LogP contribution < -0.4 is 0 Å². The molecule has 0 aliphatic carbocycles. The molecule has 114 valence electrons. The van der Waals surface area contributed by atoms with Gasteiger partial charge in [-0.1, -0.05) is 44.4 Å². The maximum atomic E-state index is 10.0. The first kappa shape index (κ1) is 18.5. The molecule has 20 heavy (non-hydrogen) atoms. The van der Waals surface area contributed by atoms with Crippen molar-refractivity contribution in [2.45, 2.75) is 32.6 Å². The zero-order valence-electron chi connectivity index (χ0n) is 11.3. The summed E-state index contributed by atoms with van der Waals surface area (Å²) in [4.78, 5) is 9.59. The van der Waals surface area contributed by atoms with Crippen molar-refractivity contribution in [3.05, 3.63) is 40.4 Å². The fourth-order valence-electron chi connectivity index (χ4n) is 1.24. The summed E-state index contributed by atoms with van der Waals surface area (Å²) >= 11 is 0. The summed E-state index contributed by atoms with van der Waals surface area (Å²) in [5.41, 5.74) is 0.137. The van der Waals surface area contributed by atoms with E-state index >= 15 is 0 Å². The van der Waals surface area contributed by atoms with E-state index in [1.54, 1.807) is 18.2 Å². The van der Waals surface area contributed by atoms with Gasteiger partial charge in [0.1, 0.15) is 0 Å². The molecule has 1 aromatic carbocycles. The van der Waals surface area contributed by atoms with Gasteiger partial charge in [-0.05, 0) is 6.42 Å². The van der Waals surface area contributed by atoms with Crippen LogP contribution in [0.3, 0.4) is 0 Å². The van der Waals surface area contributed by atoms with Crippen LogP contribution >= 0.6 is 0 Å². The molecule has 0 unspecified atom stereocenters. The molecule has 0 atom stereocenters. The Bertz CT molecular complexity index is 474. The number of hydrogen-bond donors (Lipinski definition) is 1. The van der Waals surface area contributed by atoms with E-state index in [1.807, 2.05) is 0 Å². The molecule has 0 radical (unpaired) electrons. The van der Waals surface area contributed by atoms with E-state index in [2.05, 4.69) is 11.1 Å². The predicted octanol–water partition coefficient (Wildman–Crippen LogP) is 2.98. The van der Waals surface area contributed by atoms with Gasteiger partial charge in [0.05, 0.1) is 11.5 Å². The van der Waals surface area contributed by atoms with Crippen LogP contribution in [0.1, 0.15) is 32.6 Å². The molecule has 0 bridgehead atoms. The highest BCUT2D eigenvalue weighted by molar-refractivity contribution is 7.80. The van der Waals surface area contributed by atoms with E-state index < -0.39 is 15.3 Å². The third-order valence-corrected chi connectivity index (χ3v) is 2.66. The molecular weight excluding hydrogens is 286 g/mol. The van der Waals surface area contributed by atoms with Crippen LogP contribution in [0, 0.1) is 10.1 Å². The molecule has 8 heteroatoms. The van der Waals surface area contributed by atoms with Gasteiger partial charge in [-0.15, -0.1) is 0 Å². The van der Waals surface area contributed by atoms with Crippen LogP contribution in [0.25, 0.3) is 0 Å². The summed E-state index contributed by atoms with van der Waals surface area (Å²) in [5.74, 6) is 0. The number of unbranched alkanes of at least 4 members (excludes halogenated alkanes) is 3. The summed E-state index contributed by atoms with van der Waals surface area (Å²) in [6, 6.07) is 7.93. The zero-order chi connectivity index (χ0) is 15.4. The van der Waals surface area contributed by atoms with E-state index in [-0.39, 0.29) is 12.3 Å². The molecule has 1 N–H and O–H groups in total. The highest BCUT2D eigenvalue weighted by Gasteiger charge is 2.02. The Morgan fingerprint density at radius 3 is 2.20 bits per heavy atom. The molecule has 1 aromatic rings. The summed E-state index contributed by atoms with van der Waals surface area (Å²) in [6.45, 7) is 2.14. The van der Waals surface area contributed by atoms with Crippen LogP contribution in [-0.2, 0) is 14.6 Å². The van der Waals surface area contributed by atoms with Gasteiger partial charge in [0.15, 0.2) is 0 Å². The van der Waals surface area contributed by atoms with E-state index in [9.17, 15) is 18.5 Å². The van der Waals surface area contributed by atoms with Crippen molar-refractivity contribution in [3.63, 3.8) is 0 Å². The zero-order valence-corrected chi connectivity index (χ0v) is 12.1. The number of nitrogens with zero attached hydrogens (tertiary/aromatic N) is 1. The maximum Gasteiger partial charge on any atom is 0.397 e. The van der Waals surface area contributed by atoms with E-state index in [0.29, 0.717) is 6.42 Å². The Kier molecular flexibility index (Phi) is 9.52. The summed E-state index contributed by atoms with van der Waals surface area (Å²) in [7, 11) is -4.21. The lowest BCUT2D eigenvalue weighted by atomic mass is 10.2. The van der Waals surface area contributed by atoms with Crippen molar-refractivity contribution in [3.8, 4) is 0 Å². The molecule has 0 aliphatic heterocycles. The summed E-state index contributed by atoms with van der Waals surface area (Å²) in [6.07, 6.45) is 3.76. The highest BCUT2D eigenvalue weighted by Crippen LogP contribution is 2.06. The Labute approximate surface area is 118 Å². The van der Waals surface area contributed by atoms with Crippen molar-refractivity contribution in [1.82, 2.24) is 0 Å². The smallest absolute Gasteiger partial charge is 0.264 e. The lowest BCUT2D eigenvalue weighted by Gasteiger charge is -1.98. The SMILES string of the molecule is CCCCCCOS(=O)(=O)O.O=[N+]([O-])c1ccccc1. The minimum Gasteiger partial charge on any atom is -0.264 e. The number of nitro groups is 1. The first-order valence-electron chi connectivity index (χ1n) is 6.18. The molecule has 0 fully saturated rings. The minimum atomic E-state index is -4.21. The molecule has 7 nitrogen and oxygen atoms in total. The number of rotatable bonds is 7. The molecule has 0 spiro atoms. The highest BCUT2D eigenvalue weighted by atomic mass is 32.3. The van der Waals surface area contributed by atoms with Gasteiger partial charge in [0, 0.05) is 12.1 Å². The largest absolute Gasteiger partial charge is 0.397 e. The second kappa shape index (κ2) is 10.3. The Balaban J connectivity index is 0.000000367. The summed E-state index contributed by atoms with van der Waals surface area (Å²) < 4.78 is 32.2. The van der Waals surface area contributed by atoms with Crippen LogP contribution in [0.5, 0.6) is 0 Å². The third kappa shape index (κ3) is 11.6. The first-order valence-corrected chi connectivity index (χ1v) is 7.54. The van der Waals surface area contributed by atoms with Crippen LogP contribution in [0.15, 0.2) is 30.3 Å². The van der Waals surface area contributed by atoms with Crippen molar-refractivity contribution in [2.75, 3.05) is 6.61 Å². The molecule has 0 aliphatic rings. The van der Waals surface area contributed by atoms with Crippen molar-refractivity contribution < 1.29 is 22.1 Å². The van der Waals surface area contributed by atoms with Crippen LogP contribution in [-0.4, -0.2) is 24.5 Å². The minimum absolute atomic E-state index is 0.0822. The van der Waals surface area contributed by atoms with Crippen molar-refractivity contribution >= 4 is 16.1 Å². The number of hydrogen-bond acceptors (Lipinski definition) is 5. The van der Waals surface area contributed by atoms with Gasteiger partial charge in [0.25, 0.3) is 5.69 Å². The lowest BCUT2D eigenvalue weighted by molar-refractivity contribution is -0.384. The summed E-state index contributed by atoms with van der Waals surface area (Å²) in [5, 5.41) is 10.0. The average Bonchev–Trinajstić information content (AvgIpc) is 2.39. The van der Waals surface area contributed by atoms with Gasteiger partial charge in [0.2, 0.25) is 0 Å². The second-order valence-electron chi connectivity index (χ2n) is 3.90. The molecule has 0 heterocycles. The maximum absolute atomic E-state index is 10.0. The van der Waals surface area contributed by atoms with Gasteiger partial charge in [-0.2, -0.15) is 8.42 Å². The normalized spacial score (nSPS) is 10.5. The fraction of sp³-hybridized carbons (Fsp3) is 0.500. The number of non-ortho nitro benzene ring substituents is 1. The molecule has 0 aromatic heterocycles. The first-order chi connectivity index (χ1) is 9.37. The Morgan fingerprint density at radius 2 is 1.80 bits per heavy atom. The van der Waals surface area contributed by atoms with E-state index in [1.165, 1.54) is 12.1 Å². The number of benzene rings is 1. The van der Waals surface area contributed by atoms with E-state index in [0.717, 1.165) is 19.3 Å². The Hall–Kier alpha value is -1.51. The number of nitro benzene ring substituents is 1. The Morgan fingerprint density at radius 1 is 1.20 bits per heavy atom. The van der Waals surface area contributed by atoms with Gasteiger partial charge < -0.3 is 0 Å². The van der Waals surface area contributed by atoms with E-state index in [4.69, 9.17) is 4.55 Å².